The number of hydrogen-bond acceptors (Lipinski definition) is 7. The van der Waals surface area contributed by atoms with Crippen molar-refractivity contribution in [2.24, 2.45) is 10.2 Å². The van der Waals surface area contributed by atoms with Crippen LogP contribution in [0.15, 0.2) is 51.5 Å². The van der Waals surface area contributed by atoms with Crippen LogP contribution < -0.4 is 5.73 Å². The zero-order valence-corrected chi connectivity index (χ0v) is 12.4. The van der Waals surface area contributed by atoms with Crippen LogP contribution in [0.25, 0.3) is 0 Å². The second kappa shape index (κ2) is 7.61. The summed E-state index contributed by atoms with van der Waals surface area (Å²) in [5.41, 5.74) is 6.28. The Labute approximate surface area is 127 Å². The minimum atomic E-state index is -0.0653. The average molecular weight is 304 g/mol. The molecule has 1 aromatic heterocycles. The zero-order chi connectivity index (χ0) is 15.1. The first kappa shape index (κ1) is 15.3. The third kappa shape index (κ3) is 4.44. The van der Waals surface area contributed by atoms with Gasteiger partial charge in [0, 0.05) is 17.8 Å². The van der Waals surface area contributed by atoms with Gasteiger partial charge in [-0.1, -0.05) is 12.1 Å². The van der Waals surface area contributed by atoms with Crippen LogP contribution in [0.5, 0.6) is 5.75 Å². The Bertz CT molecular complexity index is 634. The van der Waals surface area contributed by atoms with E-state index in [1.165, 1.54) is 6.07 Å². The molecular formula is C14H16N4O2S. The van der Waals surface area contributed by atoms with Crippen molar-refractivity contribution in [2.45, 2.75) is 4.90 Å². The van der Waals surface area contributed by atoms with Gasteiger partial charge in [-0.25, -0.2) is 4.98 Å². The van der Waals surface area contributed by atoms with Gasteiger partial charge in [0.2, 0.25) is 0 Å². The summed E-state index contributed by atoms with van der Waals surface area (Å²) in [6, 6.07) is 10.7. The SMILES string of the molecule is COCCSc1ccccc1/N=N/c1ccc(O)c(N)n1. The van der Waals surface area contributed by atoms with Crippen LogP contribution >= 0.6 is 11.8 Å². The molecule has 3 N–H and O–H groups in total. The summed E-state index contributed by atoms with van der Waals surface area (Å²) in [4.78, 5) is 4.95. The molecule has 0 unspecified atom stereocenters. The number of benzene rings is 1. The van der Waals surface area contributed by atoms with Crippen molar-refractivity contribution in [1.82, 2.24) is 4.98 Å². The standard InChI is InChI=1S/C14H16N4O2S/c1-20-8-9-21-12-5-3-2-4-10(12)17-18-13-7-6-11(19)14(15)16-13/h2-7,19H,8-9H2,1H3,(H2,15,16)/b18-17+. The van der Waals surface area contributed by atoms with Gasteiger partial charge in [-0.2, -0.15) is 0 Å². The Kier molecular flexibility index (Phi) is 5.53. The van der Waals surface area contributed by atoms with Crippen molar-refractivity contribution in [3.8, 4) is 5.75 Å². The number of aromatic nitrogens is 1. The summed E-state index contributed by atoms with van der Waals surface area (Å²) in [7, 11) is 1.67. The number of nitrogens with two attached hydrogens (primary N) is 1. The topological polar surface area (TPSA) is 93.1 Å². The molecule has 0 saturated carbocycles. The molecule has 1 heterocycles. The third-order valence-electron chi connectivity index (χ3n) is 2.56. The monoisotopic (exact) mass is 304 g/mol. The largest absolute Gasteiger partial charge is 0.504 e. The van der Waals surface area contributed by atoms with E-state index < -0.39 is 0 Å². The molecule has 21 heavy (non-hydrogen) atoms. The number of azo groups is 1. The lowest BCUT2D eigenvalue weighted by molar-refractivity contribution is 0.218. The van der Waals surface area contributed by atoms with Crippen LogP contribution in [0.1, 0.15) is 0 Å². The molecule has 110 valence electrons. The number of anilines is 1. The Morgan fingerprint density at radius 1 is 1.24 bits per heavy atom. The lowest BCUT2D eigenvalue weighted by atomic mass is 10.3. The smallest absolute Gasteiger partial charge is 0.176 e. The average Bonchev–Trinajstić information content (AvgIpc) is 2.50. The molecule has 0 fully saturated rings. The molecule has 1 aromatic carbocycles. The number of rotatable bonds is 6. The second-order valence-corrected chi connectivity index (χ2v) is 5.22. The maximum Gasteiger partial charge on any atom is 0.176 e. The Morgan fingerprint density at radius 2 is 2.05 bits per heavy atom. The van der Waals surface area contributed by atoms with E-state index in [0.29, 0.717) is 12.4 Å². The van der Waals surface area contributed by atoms with Crippen LogP contribution in [-0.4, -0.2) is 29.6 Å². The molecule has 0 spiro atoms. The van der Waals surface area contributed by atoms with Gasteiger partial charge in [0.1, 0.15) is 0 Å². The van der Waals surface area contributed by atoms with Gasteiger partial charge in [0.05, 0.1) is 12.3 Å². The Hall–Kier alpha value is -2.12. The molecule has 7 heteroatoms. The van der Waals surface area contributed by atoms with E-state index >= 15 is 0 Å². The minimum Gasteiger partial charge on any atom is -0.504 e. The highest BCUT2D eigenvalue weighted by Crippen LogP contribution is 2.30. The first-order valence-corrected chi connectivity index (χ1v) is 7.27. The van der Waals surface area contributed by atoms with E-state index in [0.717, 1.165) is 16.3 Å². The molecule has 0 aliphatic carbocycles. The first-order chi connectivity index (χ1) is 10.2. The molecule has 6 nitrogen and oxygen atoms in total. The van der Waals surface area contributed by atoms with E-state index in [-0.39, 0.29) is 11.6 Å². The summed E-state index contributed by atoms with van der Waals surface area (Å²) in [6.07, 6.45) is 0. The molecule has 2 rings (SSSR count). The number of hydrogen-bond donors (Lipinski definition) is 2. The lowest BCUT2D eigenvalue weighted by Gasteiger charge is -2.04. The number of aromatic hydroxyl groups is 1. The maximum atomic E-state index is 9.32. The number of thioether (sulfide) groups is 1. The van der Waals surface area contributed by atoms with Crippen molar-refractivity contribution in [1.29, 1.82) is 0 Å². The maximum absolute atomic E-state index is 9.32. The highest BCUT2D eigenvalue weighted by molar-refractivity contribution is 7.99. The molecule has 2 aromatic rings. The number of pyridine rings is 1. The Balaban J connectivity index is 2.14. The number of nitrogen functional groups attached to an aromatic ring is 1. The molecule has 0 atom stereocenters. The first-order valence-electron chi connectivity index (χ1n) is 6.28. The van der Waals surface area contributed by atoms with Gasteiger partial charge >= 0.3 is 0 Å². The quantitative estimate of drug-likeness (QED) is 0.484. The highest BCUT2D eigenvalue weighted by Gasteiger charge is 2.03. The summed E-state index contributed by atoms with van der Waals surface area (Å²) in [6.45, 7) is 0.673. The van der Waals surface area contributed by atoms with E-state index in [1.54, 1.807) is 24.9 Å². The van der Waals surface area contributed by atoms with Crippen LogP contribution in [0.4, 0.5) is 17.3 Å². The molecule has 0 amide bonds. The second-order valence-electron chi connectivity index (χ2n) is 4.08. The number of nitrogens with zero attached hydrogens (tertiary/aromatic N) is 3. The third-order valence-corrected chi connectivity index (χ3v) is 3.59. The van der Waals surface area contributed by atoms with Gasteiger partial charge in [-0.05, 0) is 24.3 Å². The van der Waals surface area contributed by atoms with Gasteiger partial charge in [-0.15, -0.1) is 22.0 Å². The van der Waals surface area contributed by atoms with Crippen molar-refractivity contribution in [2.75, 3.05) is 25.2 Å². The summed E-state index contributed by atoms with van der Waals surface area (Å²) in [5, 5.41) is 17.6. The fourth-order valence-electron chi connectivity index (χ4n) is 1.51. The van der Waals surface area contributed by atoms with Crippen molar-refractivity contribution >= 4 is 29.1 Å². The van der Waals surface area contributed by atoms with E-state index in [2.05, 4.69) is 15.2 Å². The van der Waals surface area contributed by atoms with Gasteiger partial charge < -0.3 is 15.6 Å². The van der Waals surface area contributed by atoms with Gasteiger partial charge in [-0.3, -0.25) is 0 Å². The summed E-state index contributed by atoms with van der Waals surface area (Å²) in [5.74, 6) is 1.16. The fraction of sp³-hybridized carbons (Fsp3) is 0.214. The summed E-state index contributed by atoms with van der Waals surface area (Å²) >= 11 is 1.65. The molecule has 0 aliphatic heterocycles. The van der Waals surface area contributed by atoms with Crippen molar-refractivity contribution < 1.29 is 9.84 Å². The fourth-order valence-corrected chi connectivity index (χ4v) is 2.42. The normalized spacial score (nSPS) is 11.1. The predicted octanol–water partition coefficient (Wildman–Crippen LogP) is 3.52. The van der Waals surface area contributed by atoms with Crippen LogP contribution in [0.2, 0.25) is 0 Å². The molecule has 0 radical (unpaired) electrons. The van der Waals surface area contributed by atoms with Gasteiger partial charge in [0.25, 0.3) is 0 Å². The molecule has 0 aliphatic rings. The van der Waals surface area contributed by atoms with E-state index in [9.17, 15) is 5.11 Å². The Morgan fingerprint density at radius 3 is 2.81 bits per heavy atom. The molecule has 0 saturated heterocycles. The van der Waals surface area contributed by atoms with Crippen molar-refractivity contribution in [3.05, 3.63) is 36.4 Å². The van der Waals surface area contributed by atoms with Crippen LogP contribution in [0.3, 0.4) is 0 Å². The van der Waals surface area contributed by atoms with Crippen LogP contribution in [0, 0.1) is 0 Å². The van der Waals surface area contributed by atoms with Crippen molar-refractivity contribution in [3.63, 3.8) is 0 Å². The summed E-state index contributed by atoms with van der Waals surface area (Å²) < 4.78 is 5.03. The molecule has 0 bridgehead atoms. The van der Waals surface area contributed by atoms with E-state index in [1.807, 2.05) is 24.3 Å². The van der Waals surface area contributed by atoms with Gasteiger partial charge in [0.15, 0.2) is 17.4 Å². The predicted molar refractivity (Wildman–Crippen MR) is 83.5 cm³/mol. The zero-order valence-electron chi connectivity index (χ0n) is 11.6. The highest BCUT2D eigenvalue weighted by atomic mass is 32.2. The molecular weight excluding hydrogens is 288 g/mol. The minimum absolute atomic E-state index is 0.0363. The lowest BCUT2D eigenvalue weighted by Crippen LogP contribution is -1.91. The number of methoxy groups -OCH3 is 1. The van der Waals surface area contributed by atoms with E-state index in [4.69, 9.17) is 10.5 Å². The van der Waals surface area contributed by atoms with Crippen LogP contribution in [-0.2, 0) is 4.74 Å². The number of ether oxygens (including phenoxy) is 1.